The SMILES string of the molecule is NCCc1ccc(CNC2CC2)cc1. The van der Waals surface area contributed by atoms with Gasteiger partial charge in [-0.15, -0.1) is 0 Å². The van der Waals surface area contributed by atoms with Crippen molar-refractivity contribution in [3.8, 4) is 0 Å². The van der Waals surface area contributed by atoms with Crippen LogP contribution in [0, 0.1) is 0 Å². The fourth-order valence-electron chi connectivity index (χ4n) is 1.54. The van der Waals surface area contributed by atoms with Crippen molar-refractivity contribution in [2.75, 3.05) is 6.54 Å². The Bertz CT molecular complexity index is 275. The minimum absolute atomic E-state index is 0.736. The highest BCUT2D eigenvalue weighted by Gasteiger charge is 2.19. The molecule has 0 heterocycles. The molecule has 0 atom stereocenters. The highest BCUT2D eigenvalue weighted by molar-refractivity contribution is 5.22. The topological polar surface area (TPSA) is 38.0 Å². The molecule has 1 aromatic rings. The summed E-state index contributed by atoms with van der Waals surface area (Å²) in [5.41, 5.74) is 8.20. The van der Waals surface area contributed by atoms with Gasteiger partial charge in [-0.05, 0) is 36.9 Å². The zero-order valence-corrected chi connectivity index (χ0v) is 8.50. The first-order valence-electron chi connectivity index (χ1n) is 5.40. The van der Waals surface area contributed by atoms with Crippen LogP contribution in [0.15, 0.2) is 24.3 Å². The van der Waals surface area contributed by atoms with Gasteiger partial charge >= 0.3 is 0 Å². The molecule has 0 spiro atoms. The molecule has 2 heteroatoms. The summed E-state index contributed by atoms with van der Waals surface area (Å²) in [5.74, 6) is 0. The molecule has 0 unspecified atom stereocenters. The minimum atomic E-state index is 0.736. The fraction of sp³-hybridized carbons (Fsp3) is 0.500. The number of nitrogens with two attached hydrogens (primary N) is 1. The van der Waals surface area contributed by atoms with Crippen molar-refractivity contribution >= 4 is 0 Å². The van der Waals surface area contributed by atoms with Crippen LogP contribution in [0.25, 0.3) is 0 Å². The zero-order chi connectivity index (χ0) is 9.80. The third-order valence-corrected chi connectivity index (χ3v) is 2.63. The molecule has 0 saturated heterocycles. The zero-order valence-electron chi connectivity index (χ0n) is 8.50. The van der Waals surface area contributed by atoms with Gasteiger partial charge in [-0.3, -0.25) is 0 Å². The summed E-state index contributed by atoms with van der Waals surface area (Å²) in [6.07, 6.45) is 3.69. The average Bonchev–Trinajstić information content (AvgIpc) is 3.01. The van der Waals surface area contributed by atoms with Gasteiger partial charge in [0.25, 0.3) is 0 Å². The number of nitrogens with one attached hydrogen (secondary N) is 1. The molecule has 1 aromatic carbocycles. The van der Waals surface area contributed by atoms with Crippen LogP contribution in [0.2, 0.25) is 0 Å². The molecular weight excluding hydrogens is 172 g/mol. The van der Waals surface area contributed by atoms with Crippen molar-refractivity contribution in [1.29, 1.82) is 0 Å². The van der Waals surface area contributed by atoms with Crippen molar-refractivity contribution in [3.05, 3.63) is 35.4 Å². The Morgan fingerprint density at radius 3 is 2.36 bits per heavy atom. The molecule has 1 aliphatic carbocycles. The Kier molecular flexibility index (Phi) is 3.17. The van der Waals surface area contributed by atoms with E-state index in [0.29, 0.717) is 0 Å². The molecule has 76 valence electrons. The normalized spacial score (nSPS) is 15.8. The van der Waals surface area contributed by atoms with Crippen LogP contribution in [-0.4, -0.2) is 12.6 Å². The van der Waals surface area contributed by atoms with E-state index in [2.05, 4.69) is 29.6 Å². The van der Waals surface area contributed by atoms with Gasteiger partial charge in [-0.2, -0.15) is 0 Å². The predicted molar refractivity (Wildman–Crippen MR) is 59.1 cm³/mol. The van der Waals surface area contributed by atoms with Crippen LogP contribution in [0.1, 0.15) is 24.0 Å². The largest absolute Gasteiger partial charge is 0.330 e. The van der Waals surface area contributed by atoms with E-state index in [1.807, 2.05) is 0 Å². The first-order chi connectivity index (χ1) is 6.88. The summed E-state index contributed by atoms with van der Waals surface area (Å²) < 4.78 is 0. The highest BCUT2D eigenvalue weighted by Crippen LogP contribution is 2.19. The maximum atomic E-state index is 5.49. The second-order valence-electron chi connectivity index (χ2n) is 4.01. The van der Waals surface area contributed by atoms with Crippen molar-refractivity contribution in [2.24, 2.45) is 5.73 Å². The molecule has 3 N–H and O–H groups in total. The van der Waals surface area contributed by atoms with E-state index in [9.17, 15) is 0 Å². The summed E-state index contributed by atoms with van der Waals surface area (Å²) in [4.78, 5) is 0. The summed E-state index contributed by atoms with van der Waals surface area (Å²) in [5, 5.41) is 3.50. The molecule has 0 amide bonds. The molecule has 0 aliphatic heterocycles. The van der Waals surface area contributed by atoms with Crippen LogP contribution in [-0.2, 0) is 13.0 Å². The fourth-order valence-corrected chi connectivity index (χ4v) is 1.54. The Labute approximate surface area is 85.5 Å². The maximum absolute atomic E-state index is 5.49. The summed E-state index contributed by atoms with van der Waals surface area (Å²) >= 11 is 0. The standard InChI is InChI=1S/C12H18N2/c13-8-7-10-1-3-11(4-2-10)9-14-12-5-6-12/h1-4,12,14H,5-9,13H2. The van der Waals surface area contributed by atoms with Crippen LogP contribution < -0.4 is 11.1 Å². The van der Waals surface area contributed by atoms with Gasteiger partial charge in [-0.25, -0.2) is 0 Å². The van der Waals surface area contributed by atoms with E-state index in [0.717, 1.165) is 25.6 Å². The third kappa shape index (κ3) is 2.82. The molecule has 0 aromatic heterocycles. The van der Waals surface area contributed by atoms with E-state index in [1.165, 1.54) is 24.0 Å². The first kappa shape index (κ1) is 9.69. The van der Waals surface area contributed by atoms with Crippen LogP contribution in [0.3, 0.4) is 0 Å². The molecule has 1 saturated carbocycles. The van der Waals surface area contributed by atoms with Gasteiger partial charge in [0.2, 0.25) is 0 Å². The van der Waals surface area contributed by atoms with Gasteiger partial charge in [-0.1, -0.05) is 24.3 Å². The molecule has 14 heavy (non-hydrogen) atoms. The van der Waals surface area contributed by atoms with Crippen molar-refractivity contribution < 1.29 is 0 Å². The summed E-state index contributed by atoms with van der Waals surface area (Å²) in [6, 6.07) is 9.53. The predicted octanol–water partition coefficient (Wildman–Crippen LogP) is 1.44. The average molecular weight is 190 g/mol. The summed E-state index contributed by atoms with van der Waals surface area (Å²) in [6.45, 7) is 1.74. The van der Waals surface area contributed by atoms with E-state index < -0.39 is 0 Å². The molecule has 2 rings (SSSR count). The smallest absolute Gasteiger partial charge is 0.0208 e. The van der Waals surface area contributed by atoms with Gasteiger partial charge in [0.15, 0.2) is 0 Å². The van der Waals surface area contributed by atoms with E-state index in [1.54, 1.807) is 0 Å². The highest BCUT2D eigenvalue weighted by atomic mass is 14.9. The molecular formula is C12H18N2. The van der Waals surface area contributed by atoms with Gasteiger partial charge < -0.3 is 11.1 Å². The Balaban J connectivity index is 1.84. The van der Waals surface area contributed by atoms with Crippen molar-refractivity contribution in [2.45, 2.75) is 31.8 Å². The molecule has 0 bridgehead atoms. The lowest BCUT2D eigenvalue weighted by Crippen LogP contribution is -2.15. The monoisotopic (exact) mass is 190 g/mol. The van der Waals surface area contributed by atoms with Gasteiger partial charge in [0.05, 0.1) is 0 Å². The van der Waals surface area contributed by atoms with Gasteiger partial charge in [0.1, 0.15) is 0 Å². The van der Waals surface area contributed by atoms with Crippen LogP contribution in [0.5, 0.6) is 0 Å². The molecule has 0 radical (unpaired) electrons. The number of rotatable bonds is 5. The lowest BCUT2D eigenvalue weighted by molar-refractivity contribution is 0.687. The van der Waals surface area contributed by atoms with Crippen LogP contribution in [0.4, 0.5) is 0 Å². The number of hydrogen-bond acceptors (Lipinski definition) is 2. The Morgan fingerprint density at radius 1 is 1.14 bits per heavy atom. The lowest BCUT2D eigenvalue weighted by atomic mass is 10.1. The first-order valence-corrected chi connectivity index (χ1v) is 5.40. The molecule has 2 nitrogen and oxygen atoms in total. The minimum Gasteiger partial charge on any atom is -0.330 e. The van der Waals surface area contributed by atoms with E-state index >= 15 is 0 Å². The summed E-state index contributed by atoms with van der Waals surface area (Å²) in [7, 11) is 0. The van der Waals surface area contributed by atoms with Crippen molar-refractivity contribution in [1.82, 2.24) is 5.32 Å². The Morgan fingerprint density at radius 2 is 1.79 bits per heavy atom. The number of benzene rings is 1. The van der Waals surface area contributed by atoms with Crippen molar-refractivity contribution in [3.63, 3.8) is 0 Å². The number of hydrogen-bond donors (Lipinski definition) is 2. The molecule has 1 aliphatic rings. The lowest BCUT2D eigenvalue weighted by Gasteiger charge is -2.04. The Hall–Kier alpha value is -0.860. The molecule has 1 fully saturated rings. The third-order valence-electron chi connectivity index (χ3n) is 2.63. The van der Waals surface area contributed by atoms with E-state index in [-0.39, 0.29) is 0 Å². The quantitative estimate of drug-likeness (QED) is 0.737. The van der Waals surface area contributed by atoms with E-state index in [4.69, 9.17) is 5.73 Å². The van der Waals surface area contributed by atoms with Gasteiger partial charge in [0, 0.05) is 12.6 Å². The second-order valence-corrected chi connectivity index (χ2v) is 4.01. The van der Waals surface area contributed by atoms with Crippen LogP contribution >= 0.6 is 0 Å². The second kappa shape index (κ2) is 4.58. The maximum Gasteiger partial charge on any atom is 0.0208 e.